The van der Waals surface area contributed by atoms with Gasteiger partial charge in [-0.05, 0) is 24.3 Å². The quantitative estimate of drug-likeness (QED) is 0.720. The maximum absolute atomic E-state index is 10.8. The smallest absolute Gasteiger partial charge is 0.334 e. The lowest BCUT2D eigenvalue weighted by molar-refractivity contribution is -0.133. The van der Waals surface area contributed by atoms with E-state index in [1.807, 2.05) is 0 Å². The molecule has 0 unspecified atom stereocenters. The molecule has 5 nitrogen and oxygen atoms in total. The number of primary amides is 1. The molecule has 0 aliphatic rings. The molecule has 16 heavy (non-hydrogen) atoms. The minimum Gasteiger partial charge on any atom is -0.489 e. The molecule has 0 aliphatic heterocycles. The number of amides is 1. The maximum atomic E-state index is 10.8. The van der Waals surface area contributed by atoms with Crippen LogP contribution in [-0.2, 0) is 4.79 Å². The highest BCUT2D eigenvalue weighted by molar-refractivity contribution is 5.92. The maximum Gasteiger partial charge on any atom is 0.334 e. The Morgan fingerprint density at radius 1 is 1.31 bits per heavy atom. The van der Waals surface area contributed by atoms with Crippen LogP contribution in [-0.4, -0.2) is 23.6 Å². The van der Waals surface area contributed by atoms with Crippen LogP contribution in [0.4, 0.5) is 0 Å². The number of carbonyl (C=O) groups is 2. The Balaban J connectivity index is 2.59. The normalized spacial score (nSPS) is 9.50. The molecule has 0 saturated carbocycles. The third-order valence-electron chi connectivity index (χ3n) is 1.85. The Bertz CT molecular complexity index is 422. The lowest BCUT2D eigenvalue weighted by atomic mass is 10.2. The van der Waals surface area contributed by atoms with Crippen molar-refractivity contribution in [3.05, 3.63) is 42.0 Å². The zero-order chi connectivity index (χ0) is 12.1. The first-order valence-electron chi connectivity index (χ1n) is 4.44. The first kappa shape index (κ1) is 11.8. The highest BCUT2D eigenvalue weighted by Crippen LogP contribution is 2.12. The summed E-state index contributed by atoms with van der Waals surface area (Å²) in [4.78, 5) is 21.2. The number of carbonyl (C=O) groups excluding carboxylic acids is 1. The van der Waals surface area contributed by atoms with Crippen LogP contribution < -0.4 is 10.5 Å². The van der Waals surface area contributed by atoms with Gasteiger partial charge in [-0.1, -0.05) is 6.58 Å². The third kappa shape index (κ3) is 3.13. The summed E-state index contributed by atoms with van der Waals surface area (Å²) < 4.78 is 5.13. The van der Waals surface area contributed by atoms with Crippen molar-refractivity contribution in [1.82, 2.24) is 0 Å². The molecule has 3 N–H and O–H groups in total. The van der Waals surface area contributed by atoms with Crippen LogP contribution >= 0.6 is 0 Å². The van der Waals surface area contributed by atoms with Crippen LogP contribution in [0.15, 0.2) is 36.4 Å². The van der Waals surface area contributed by atoms with Crippen molar-refractivity contribution < 1.29 is 19.4 Å². The number of carboxylic acids is 1. The van der Waals surface area contributed by atoms with E-state index in [-0.39, 0.29) is 12.2 Å². The van der Waals surface area contributed by atoms with E-state index in [4.69, 9.17) is 15.6 Å². The van der Waals surface area contributed by atoms with Crippen molar-refractivity contribution >= 4 is 11.9 Å². The molecule has 5 heteroatoms. The molecule has 0 radical (unpaired) electrons. The molecular weight excluding hydrogens is 210 g/mol. The molecule has 0 aromatic heterocycles. The number of ether oxygens (including phenoxy) is 1. The second kappa shape index (κ2) is 4.97. The number of benzene rings is 1. The minimum absolute atomic E-state index is 0.0426. The average molecular weight is 221 g/mol. The van der Waals surface area contributed by atoms with Crippen LogP contribution in [0.2, 0.25) is 0 Å². The van der Waals surface area contributed by atoms with Crippen LogP contribution in [0.5, 0.6) is 5.75 Å². The van der Waals surface area contributed by atoms with Gasteiger partial charge in [0.15, 0.2) is 0 Å². The third-order valence-corrected chi connectivity index (χ3v) is 1.85. The fourth-order valence-electron chi connectivity index (χ4n) is 0.948. The number of rotatable bonds is 5. The van der Waals surface area contributed by atoms with Crippen molar-refractivity contribution in [2.75, 3.05) is 6.61 Å². The monoisotopic (exact) mass is 221 g/mol. The molecule has 0 aliphatic carbocycles. The minimum atomic E-state index is -1.10. The molecule has 0 saturated heterocycles. The number of hydrogen-bond acceptors (Lipinski definition) is 3. The predicted octanol–water partition coefficient (Wildman–Crippen LogP) is 0.805. The van der Waals surface area contributed by atoms with E-state index >= 15 is 0 Å². The van der Waals surface area contributed by atoms with Gasteiger partial charge in [-0.15, -0.1) is 0 Å². The van der Waals surface area contributed by atoms with Crippen LogP contribution in [0.25, 0.3) is 0 Å². The Kier molecular flexibility index (Phi) is 3.66. The van der Waals surface area contributed by atoms with Gasteiger partial charge in [-0.2, -0.15) is 0 Å². The Labute approximate surface area is 92.1 Å². The highest BCUT2D eigenvalue weighted by Gasteiger charge is 2.05. The van der Waals surface area contributed by atoms with Gasteiger partial charge in [0, 0.05) is 5.56 Å². The van der Waals surface area contributed by atoms with E-state index in [1.165, 1.54) is 24.3 Å². The van der Waals surface area contributed by atoms with Gasteiger partial charge in [-0.3, -0.25) is 4.79 Å². The van der Waals surface area contributed by atoms with Crippen molar-refractivity contribution in [3.8, 4) is 5.75 Å². The van der Waals surface area contributed by atoms with Gasteiger partial charge in [0.05, 0.1) is 5.57 Å². The fourth-order valence-corrected chi connectivity index (χ4v) is 0.948. The van der Waals surface area contributed by atoms with Gasteiger partial charge in [0.25, 0.3) is 0 Å². The molecular formula is C11H11NO4. The standard InChI is InChI=1S/C11H11NO4/c1-7(11(14)15)6-16-9-4-2-8(3-5-9)10(12)13/h2-5H,1,6H2,(H2,12,13)(H,14,15). The molecule has 0 atom stereocenters. The number of aliphatic carboxylic acids is 1. The molecule has 1 aromatic carbocycles. The molecule has 0 bridgehead atoms. The summed E-state index contributed by atoms with van der Waals surface area (Å²) >= 11 is 0. The highest BCUT2D eigenvalue weighted by atomic mass is 16.5. The van der Waals surface area contributed by atoms with Crippen molar-refractivity contribution in [2.24, 2.45) is 5.73 Å². The summed E-state index contributed by atoms with van der Waals surface area (Å²) in [5.74, 6) is -1.18. The first-order chi connectivity index (χ1) is 7.50. The Hall–Kier alpha value is -2.30. The fraction of sp³-hybridized carbons (Fsp3) is 0.0909. The molecule has 1 rings (SSSR count). The number of hydrogen-bond donors (Lipinski definition) is 2. The van der Waals surface area contributed by atoms with Gasteiger partial charge >= 0.3 is 5.97 Å². The molecule has 84 valence electrons. The van der Waals surface area contributed by atoms with Gasteiger partial charge in [0.1, 0.15) is 12.4 Å². The topological polar surface area (TPSA) is 89.6 Å². The van der Waals surface area contributed by atoms with E-state index in [9.17, 15) is 9.59 Å². The van der Waals surface area contributed by atoms with Gasteiger partial charge < -0.3 is 15.6 Å². The summed E-state index contributed by atoms with van der Waals surface area (Å²) in [6, 6.07) is 6.08. The summed E-state index contributed by atoms with van der Waals surface area (Å²) in [5, 5.41) is 8.54. The molecule has 1 aromatic rings. The van der Waals surface area contributed by atoms with Crippen molar-refractivity contribution in [1.29, 1.82) is 0 Å². The van der Waals surface area contributed by atoms with E-state index in [0.29, 0.717) is 11.3 Å². The largest absolute Gasteiger partial charge is 0.489 e. The van der Waals surface area contributed by atoms with Crippen LogP contribution in [0, 0.1) is 0 Å². The Morgan fingerprint density at radius 3 is 2.31 bits per heavy atom. The second-order valence-corrected chi connectivity index (χ2v) is 3.09. The van der Waals surface area contributed by atoms with Crippen molar-refractivity contribution in [2.45, 2.75) is 0 Å². The molecule has 1 amide bonds. The van der Waals surface area contributed by atoms with Crippen LogP contribution in [0.1, 0.15) is 10.4 Å². The summed E-state index contributed by atoms with van der Waals surface area (Å²) in [6.07, 6.45) is 0. The second-order valence-electron chi connectivity index (χ2n) is 3.09. The van der Waals surface area contributed by atoms with Gasteiger partial charge in [-0.25, -0.2) is 4.79 Å². The number of nitrogens with two attached hydrogens (primary N) is 1. The Morgan fingerprint density at radius 2 is 1.88 bits per heavy atom. The summed E-state index contributed by atoms with van der Waals surface area (Å²) in [7, 11) is 0. The first-order valence-corrected chi connectivity index (χ1v) is 4.44. The lowest BCUT2D eigenvalue weighted by Crippen LogP contribution is -2.11. The predicted molar refractivity (Wildman–Crippen MR) is 57.2 cm³/mol. The van der Waals surface area contributed by atoms with E-state index < -0.39 is 11.9 Å². The van der Waals surface area contributed by atoms with Gasteiger partial charge in [0.2, 0.25) is 5.91 Å². The van der Waals surface area contributed by atoms with E-state index in [1.54, 1.807) is 0 Å². The SMILES string of the molecule is C=C(COc1ccc(C(N)=O)cc1)C(=O)O. The number of carboxylic acid groups (broad SMARTS) is 1. The molecule has 0 spiro atoms. The molecule has 0 fully saturated rings. The van der Waals surface area contributed by atoms with E-state index in [0.717, 1.165) is 0 Å². The zero-order valence-electron chi connectivity index (χ0n) is 8.47. The molecule has 0 heterocycles. The lowest BCUT2D eigenvalue weighted by Gasteiger charge is -2.05. The van der Waals surface area contributed by atoms with Crippen LogP contribution in [0.3, 0.4) is 0 Å². The summed E-state index contributed by atoms with van der Waals surface area (Å²) in [6.45, 7) is 3.21. The van der Waals surface area contributed by atoms with Crippen molar-refractivity contribution in [3.63, 3.8) is 0 Å². The van der Waals surface area contributed by atoms with E-state index in [2.05, 4.69) is 6.58 Å². The average Bonchev–Trinajstić information content (AvgIpc) is 2.26. The zero-order valence-corrected chi connectivity index (χ0v) is 8.47. The summed E-state index contributed by atoms with van der Waals surface area (Å²) in [5.41, 5.74) is 5.38.